The Balaban J connectivity index is 1.70. The lowest BCUT2D eigenvalue weighted by Crippen LogP contribution is -2.44. The molecule has 0 bridgehead atoms. The van der Waals surface area contributed by atoms with Gasteiger partial charge in [-0.2, -0.15) is 0 Å². The van der Waals surface area contributed by atoms with E-state index in [2.05, 4.69) is 44.2 Å². The number of nitrogens with two attached hydrogens (primary N) is 2. The molecular formula is C16H21BrN5S+. The number of nitrogens with one attached hydrogen (secondary N) is 1. The number of rotatable bonds is 2. The molecule has 0 saturated heterocycles. The molecule has 5 nitrogen and oxygen atoms in total. The van der Waals surface area contributed by atoms with E-state index < -0.39 is 0 Å². The number of hydrogen-bond acceptors (Lipinski definition) is 4. The van der Waals surface area contributed by atoms with E-state index in [9.17, 15) is 0 Å². The van der Waals surface area contributed by atoms with Crippen LogP contribution in [0.2, 0.25) is 0 Å². The van der Waals surface area contributed by atoms with Crippen molar-refractivity contribution in [3.63, 3.8) is 0 Å². The van der Waals surface area contributed by atoms with Gasteiger partial charge in [-0.15, -0.1) is 0 Å². The van der Waals surface area contributed by atoms with Crippen molar-refractivity contribution in [1.29, 1.82) is 0 Å². The third-order valence-electron chi connectivity index (χ3n) is 4.28. The van der Waals surface area contributed by atoms with Crippen molar-refractivity contribution in [2.75, 3.05) is 0 Å². The number of nitrogens with zero attached hydrogens (tertiary/aromatic N) is 2. The quantitative estimate of drug-likeness (QED) is 0.492. The molecule has 0 spiro atoms. The molecule has 7 heteroatoms. The predicted molar refractivity (Wildman–Crippen MR) is 101 cm³/mol. The van der Waals surface area contributed by atoms with Crippen LogP contribution in [0.25, 0.3) is 0 Å². The molecule has 23 heavy (non-hydrogen) atoms. The molecule has 1 unspecified atom stereocenters. The van der Waals surface area contributed by atoms with Crippen molar-refractivity contribution in [3.8, 4) is 0 Å². The second-order valence-corrected chi connectivity index (χ2v) is 8.16. The van der Waals surface area contributed by atoms with Crippen LogP contribution in [-0.4, -0.2) is 22.0 Å². The summed E-state index contributed by atoms with van der Waals surface area (Å²) in [4.78, 5) is 8.90. The van der Waals surface area contributed by atoms with Crippen LogP contribution < -0.4 is 16.5 Å². The molecule has 2 heterocycles. The highest BCUT2D eigenvalue weighted by Crippen LogP contribution is 2.31. The normalized spacial score (nSPS) is 27.7. The summed E-state index contributed by atoms with van der Waals surface area (Å²) in [6, 6.07) is 0. The molecule has 1 fully saturated rings. The van der Waals surface area contributed by atoms with Gasteiger partial charge >= 0.3 is 0 Å². The molecule has 0 aromatic heterocycles. The van der Waals surface area contributed by atoms with Crippen molar-refractivity contribution in [3.05, 3.63) is 34.2 Å². The first-order valence-corrected chi connectivity index (χ1v) is 9.34. The van der Waals surface area contributed by atoms with E-state index in [-0.39, 0.29) is 5.54 Å². The Labute approximate surface area is 148 Å². The van der Waals surface area contributed by atoms with Crippen molar-refractivity contribution in [2.45, 2.75) is 38.1 Å². The minimum atomic E-state index is -0.382. The predicted octanol–water partition coefficient (Wildman–Crippen LogP) is 1.83. The SMILES string of the molecule is CC12C=C(Br)C=NC1=CC=C(/N=C(/N)SC(=[NH2+])C1CCCC1)N2. The zero-order chi connectivity index (χ0) is 16.4. The van der Waals surface area contributed by atoms with Crippen LogP contribution in [0.1, 0.15) is 32.6 Å². The first kappa shape index (κ1) is 16.5. The summed E-state index contributed by atoms with van der Waals surface area (Å²) in [7, 11) is 0. The fourth-order valence-corrected chi connectivity index (χ4v) is 4.40. The number of thioether (sulfide) groups is 1. The Morgan fingerprint density at radius 2 is 2.22 bits per heavy atom. The van der Waals surface area contributed by atoms with Gasteiger partial charge in [0, 0.05) is 22.5 Å². The average molecular weight is 395 g/mol. The number of hydrogen-bond donors (Lipinski definition) is 3. The Morgan fingerprint density at radius 1 is 1.48 bits per heavy atom. The third kappa shape index (κ3) is 3.77. The van der Waals surface area contributed by atoms with E-state index in [1.807, 2.05) is 12.2 Å². The Hall–Kier alpha value is -1.34. The summed E-state index contributed by atoms with van der Waals surface area (Å²) in [5, 5.41) is 10.9. The van der Waals surface area contributed by atoms with Crippen LogP contribution in [0.5, 0.6) is 0 Å². The lowest BCUT2D eigenvalue weighted by atomic mass is 9.93. The van der Waals surface area contributed by atoms with Gasteiger partial charge < -0.3 is 11.1 Å². The Morgan fingerprint density at radius 3 is 2.96 bits per heavy atom. The maximum atomic E-state index is 6.17. The molecule has 0 amide bonds. The fraction of sp³-hybridized carbons (Fsp3) is 0.438. The summed E-state index contributed by atoms with van der Waals surface area (Å²) in [6.45, 7) is 2.06. The van der Waals surface area contributed by atoms with Gasteiger partial charge in [-0.1, -0.05) is 12.8 Å². The Bertz CT molecular complexity index is 670. The highest BCUT2D eigenvalue weighted by Gasteiger charge is 2.32. The van der Waals surface area contributed by atoms with Crippen LogP contribution in [0, 0.1) is 5.92 Å². The first-order valence-electron chi connectivity index (χ1n) is 7.74. The first-order chi connectivity index (χ1) is 11.0. The zero-order valence-electron chi connectivity index (χ0n) is 13.1. The van der Waals surface area contributed by atoms with Gasteiger partial charge in [-0.3, -0.25) is 10.4 Å². The number of fused-ring (bicyclic) bond motifs is 1. The molecule has 0 radical (unpaired) electrons. The molecule has 5 N–H and O–H groups in total. The van der Waals surface area contributed by atoms with E-state index in [0.717, 1.165) is 28.1 Å². The number of dihydropyridines is 2. The second-order valence-electron chi connectivity index (χ2n) is 6.15. The molecule has 0 aromatic rings. The van der Waals surface area contributed by atoms with E-state index in [1.165, 1.54) is 24.6 Å². The lowest BCUT2D eigenvalue weighted by Gasteiger charge is -2.33. The van der Waals surface area contributed by atoms with E-state index >= 15 is 0 Å². The van der Waals surface area contributed by atoms with E-state index in [1.54, 1.807) is 6.21 Å². The smallest absolute Gasteiger partial charge is 0.218 e. The summed E-state index contributed by atoms with van der Waals surface area (Å²) < 4.78 is 0.941. The highest BCUT2D eigenvalue weighted by atomic mass is 79.9. The molecule has 3 rings (SSSR count). The fourth-order valence-electron chi connectivity index (χ4n) is 3.06. The number of amidine groups is 1. The van der Waals surface area contributed by atoms with Crippen LogP contribution in [0.3, 0.4) is 0 Å². The maximum Gasteiger partial charge on any atom is 0.218 e. The lowest BCUT2D eigenvalue weighted by molar-refractivity contribution is -0.114. The molecule has 0 aromatic carbocycles. The van der Waals surface area contributed by atoms with Crippen molar-refractivity contribution in [2.24, 2.45) is 21.6 Å². The minimum absolute atomic E-state index is 0.382. The van der Waals surface area contributed by atoms with Crippen molar-refractivity contribution >= 4 is 44.1 Å². The van der Waals surface area contributed by atoms with Gasteiger partial charge in [-0.05, 0) is 53.9 Å². The largest absolute Gasteiger partial charge is 0.378 e. The van der Waals surface area contributed by atoms with Gasteiger partial charge in [-0.25, -0.2) is 4.99 Å². The van der Waals surface area contributed by atoms with Crippen molar-refractivity contribution < 1.29 is 5.41 Å². The third-order valence-corrected chi connectivity index (χ3v) is 5.59. The highest BCUT2D eigenvalue weighted by molar-refractivity contribution is 9.12. The van der Waals surface area contributed by atoms with Crippen molar-refractivity contribution in [1.82, 2.24) is 5.32 Å². The summed E-state index contributed by atoms with van der Waals surface area (Å²) in [5.74, 6) is 1.19. The minimum Gasteiger partial charge on any atom is -0.378 e. The maximum absolute atomic E-state index is 6.17. The monoisotopic (exact) mass is 394 g/mol. The van der Waals surface area contributed by atoms with Gasteiger partial charge in [0.1, 0.15) is 5.82 Å². The van der Waals surface area contributed by atoms with E-state index in [0.29, 0.717) is 16.9 Å². The number of halogens is 1. The van der Waals surface area contributed by atoms with E-state index in [4.69, 9.17) is 11.1 Å². The molecule has 2 aliphatic heterocycles. The average Bonchev–Trinajstić information content (AvgIpc) is 2.99. The zero-order valence-corrected chi connectivity index (χ0v) is 15.5. The molecule has 1 saturated carbocycles. The summed E-state index contributed by atoms with van der Waals surface area (Å²) in [6.07, 6.45) is 12.5. The number of aliphatic imine (C=N–C) groups is 2. The topological polar surface area (TPSA) is 88.4 Å². The van der Waals surface area contributed by atoms with Gasteiger partial charge in [0.05, 0.1) is 17.2 Å². The van der Waals surface area contributed by atoms with Crippen LogP contribution in [0.15, 0.2) is 44.2 Å². The molecule has 3 aliphatic rings. The summed E-state index contributed by atoms with van der Waals surface area (Å²) in [5.41, 5.74) is 6.63. The van der Waals surface area contributed by atoms with Gasteiger partial charge in [0.2, 0.25) is 5.04 Å². The molecule has 1 aliphatic carbocycles. The van der Waals surface area contributed by atoms with Crippen LogP contribution in [0.4, 0.5) is 0 Å². The summed E-state index contributed by atoms with van der Waals surface area (Å²) >= 11 is 4.85. The Kier molecular flexibility index (Phi) is 4.77. The van der Waals surface area contributed by atoms with Gasteiger partial charge in [0.25, 0.3) is 0 Å². The second kappa shape index (κ2) is 6.65. The number of allylic oxidation sites excluding steroid dienone is 3. The van der Waals surface area contributed by atoms with Crippen LogP contribution in [-0.2, 0) is 0 Å². The van der Waals surface area contributed by atoms with Crippen LogP contribution >= 0.6 is 27.7 Å². The van der Waals surface area contributed by atoms with Gasteiger partial charge in [0.15, 0.2) is 5.17 Å². The molecular weight excluding hydrogens is 374 g/mol. The molecule has 1 atom stereocenters. The molecule has 122 valence electrons. The standard InChI is InChI=1S/C16H20BrN5S/c1-16-8-11(17)9-20-12(16)6-7-13(22-16)21-15(19)23-14(18)10-4-2-3-5-10/h6-10,18,22H,2-5H2,1H3,(H2,19,21)/p+1.